The van der Waals surface area contributed by atoms with Crippen molar-refractivity contribution in [1.29, 1.82) is 0 Å². The number of hydrogen-bond acceptors (Lipinski definition) is 4. The summed E-state index contributed by atoms with van der Waals surface area (Å²) in [5.41, 5.74) is 0.593. The van der Waals surface area contributed by atoms with Crippen LogP contribution in [0.2, 0.25) is 10.0 Å². The lowest BCUT2D eigenvalue weighted by Gasteiger charge is -2.32. The molecule has 1 aliphatic heterocycles. The van der Waals surface area contributed by atoms with E-state index in [0.29, 0.717) is 35.2 Å². The molecule has 6 nitrogen and oxygen atoms in total. The van der Waals surface area contributed by atoms with Crippen LogP contribution in [-0.2, 0) is 20.6 Å². The Kier molecular flexibility index (Phi) is 8.94. The Bertz CT molecular complexity index is 700. The van der Waals surface area contributed by atoms with Crippen molar-refractivity contribution in [3.05, 3.63) is 33.8 Å². The van der Waals surface area contributed by atoms with Crippen molar-refractivity contribution in [2.45, 2.75) is 18.6 Å². The van der Waals surface area contributed by atoms with Crippen LogP contribution in [0.4, 0.5) is 0 Å². The van der Waals surface area contributed by atoms with Crippen LogP contribution in [0, 0.1) is 5.92 Å². The number of halogens is 3. The first kappa shape index (κ1) is 22.5. The standard InChI is InChI=1S/C15H20Cl2N2O4S.ClH/c16-13-4-3-11(6-14(13)17)10-24(22,23)19-5-1-2-12(9-19)7-18-8-15(20)21;/h3-4,6,12,18H,1-2,5,7-10H2,(H,20,21);1H. The molecule has 0 spiro atoms. The van der Waals surface area contributed by atoms with Crippen molar-refractivity contribution in [1.82, 2.24) is 9.62 Å². The fourth-order valence-electron chi connectivity index (χ4n) is 2.76. The predicted octanol–water partition coefficient (Wildman–Crippen LogP) is 2.63. The molecule has 142 valence electrons. The first-order valence-corrected chi connectivity index (χ1v) is 9.98. The van der Waals surface area contributed by atoms with E-state index in [0.717, 1.165) is 12.8 Å². The minimum Gasteiger partial charge on any atom is -0.480 e. The predicted molar refractivity (Wildman–Crippen MR) is 101 cm³/mol. The number of hydrogen-bond donors (Lipinski definition) is 2. The number of aliphatic carboxylic acids is 1. The molecule has 10 heteroatoms. The number of carboxylic acids is 1. The van der Waals surface area contributed by atoms with E-state index in [4.69, 9.17) is 28.3 Å². The lowest BCUT2D eigenvalue weighted by molar-refractivity contribution is -0.136. The molecule has 1 aromatic rings. The van der Waals surface area contributed by atoms with Crippen LogP contribution in [0.1, 0.15) is 18.4 Å². The first-order valence-electron chi connectivity index (χ1n) is 7.62. The lowest BCUT2D eigenvalue weighted by atomic mass is 10.00. The van der Waals surface area contributed by atoms with Gasteiger partial charge in [-0.05, 0) is 43.0 Å². The molecule has 1 saturated heterocycles. The molecular formula is C15H21Cl3N2O4S. The van der Waals surface area contributed by atoms with Crippen LogP contribution in [0.15, 0.2) is 18.2 Å². The van der Waals surface area contributed by atoms with Gasteiger partial charge >= 0.3 is 5.97 Å². The Balaban J connectivity index is 0.00000312. The van der Waals surface area contributed by atoms with Crippen molar-refractivity contribution < 1.29 is 18.3 Å². The van der Waals surface area contributed by atoms with E-state index in [-0.39, 0.29) is 30.6 Å². The summed E-state index contributed by atoms with van der Waals surface area (Å²) in [5, 5.41) is 12.2. The number of piperidine rings is 1. The third-order valence-electron chi connectivity index (χ3n) is 3.92. The van der Waals surface area contributed by atoms with Gasteiger partial charge in [0.25, 0.3) is 0 Å². The molecule has 1 atom stereocenters. The Hall–Kier alpha value is -0.570. The average molecular weight is 432 g/mol. The fraction of sp³-hybridized carbons (Fsp3) is 0.533. The Morgan fingerprint density at radius 1 is 1.32 bits per heavy atom. The van der Waals surface area contributed by atoms with E-state index in [1.807, 2.05) is 0 Å². The van der Waals surface area contributed by atoms with Crippen LogP contribution < -0.4 is 5.32 Å². The van der Waals surface area contributed by atoms with Crippen molar-refractivity contribution in [3.8, 4) is 0 Å². The van der Waals surface area contributed by atoms with E-state index in [9.17, 15) is 13.2 Å². The van der Waals surface area contributed by atoms with Gasteiger partial charge in [0.1, 0.15) is 0 Å². The number of nitrogens with one attached hydrogen (secondary N) is 1. The summed E-state index contributed by atoms with van der Waals surface area (Å²) >= 11 is 11.8. The van der Waals surface area contributed by atoms with Crippen LogP contribution in [0.25, 0.3) is 0 Å². The number of carbonyl (C=O) groups is 1. The van der Waals surface area contributed by atoms with Gasteiger partial charge < -0.3 is 10.4 Å². The molecule has 2 rings (SSSR count). The van der Waals surface area contributed by atoms with Crippen LogP contribution in [0.5, 0.6) is 0 Å². The average Bonchev–Trinajstić information content (AvgIpc) is 2.51. The smallest absolute Gasteiger partial charge is 0.317 e. The van der Waals surface area contributed by atoms with Gasteiger partial charge in [0, 0.05) is 13.1 Å². The molecule has 0 amide bonds. The summed E-state index contributed by atoms with van der Waals surface area (Å²) in [6, 6.07) is 4.81. The molecule has 1 heterocycles. The highest BCUT2D eigenvalue weighted by atomic mass is 35.5. The monoisotopic (exact) mass is 430 g/mol. The molecular weight excluding hydrogens is 411 g/mol. The molecule has 0 saturated carbocycles. The highest BCUT2D eigenvalue weighted by Gasteiger charge is 2.29. The summed E-state index contributed by atoms with van der Waals surface area (Å²) in [4.78, 5) is 10.5. The van der Waals surface area contributed by atoms with Gasteiger partial charge in [0.05, 0.1) is 22.3 Å². The zero-order valence-electron chi connectivity index (χ0n) is 13.5. The second-order valence-corrected chi connectivity index (χ2v) is 8.68. The van der Waals surface area contributed by atoms with Crippen molar-refractivity contribution in [3.63, 3.8) is 0 Å². The van der Waals surface area contributed by atoms with Crippen LogP contribution >= 0.6 is 35.6 Å². The molecule has 1 unspecified atom stereocenters. The molecule has 1 fully saturated rings. The summed E-state index contributed by atoms with van der Waals surface area (Å²) in [6.07, 6.45) is 1.64. The SMILES string of the molecule is Cl.O=C(O)CNCC1CCCN(S(=O)(=O)Cc2ccc(Cl)c(Cl)c2)C1. The normalized spacial score (nSPS) is 18.6. The van der Waals surface area contributed by atoms with E-state index in [1.165, 1.54) is 4.31 Å². The number of carboxylic acid groups (broad SMARTS) is 1. The summed E-state index contributed by atoms with van der Waals surface area (Å²) < 4.78 is 26.7. The van der Waals surface area contributed by atoms with Gasteiger partial charge in [0.15, 0.2) is 0 Å². The van der Waals surface area contributed by atoms with Gasteiger partial charge in [-0.25, -0.2) is 12.7 Å². The maximum Gasteiger partial charge on any atom is 0.317 e. The van der Waals surface area contributed by atoms with Gasteiger partial charge in [-0.3, -0.25) is 4.79 Å². The van der Waals surface area contributed by atoms with Crippen LogP contribution in [-0.4, -0.2) is 50.0 Å². The lowest BCUT2D eigenvalue weighted by Crippen LogP contribution is -2.43. The van der Waals surface area contributed by atoms with E-state index < -0.39 is 16.0 Å². The second kappa shape index (κ2) is 9.94. The molecule has 0 bridgehead atoms. The van der Waals surface area contributed by atoms with E-state index >= 15 is 0 Å². The quantitative estimate of drug-likeness (QED) is 0.693. The molecule has 0 aliphatic carbocycles. The third kappa shape index (κ3) is 6.92. The summed E-state index contributed by atoms with van der Waals surface area (Å²) in [5.74, 6) is -0.935. The number of sulfonamides is 1. The summed E-state index contributed by atoms with van der Waals surface area (Å²) in [6.45, 7) is 1.26. The zero-order valence-corrected chi connectivity index (χ0v) is 16.6. The molecule has 0 aromatic heterocycles. The first-order chi connectivity index (χ1) is 11.3. The minimum absolute atomic E-state index is 0. The van der Waals surface area contributed by atoms with Gasteiger partial charge in [0.2, 0.25) is 10.0 Å². The summed E-state index contributed by atoms with van der Waals surface area (Å²) in [7, 11) is -3.45. The topological polar surface area (TPSA) is 86.7 Å². The third-order valence-corrected chi connectivity index (χ3v) is 6.47. The molecule has 1 aliphatic rings. The van der Waals surface area contributed by atoms with E-state index in [1.54, 1.807) is 18.2 Å². The maximum absolute atomic E-state index is 12.6. The molecule has 25 heavy (non-hydrogen) atoms. The van der Waals surface area contributed by atoms with Gasteiger partial charge in [-0.1, -0.05) is 29.3 Å². The largest absolute Gasteiger partial charge is 0.480 e. The Labute approximate surface area is 163 Å². The Morgan fingerprint density at radius 2 is 2.04 bits per heavy atom. The van der Waals surface area contributed by atoms with Crippen LogP contribution in [0.3, 0.4) is 0 Å². The molecule has 1 aromatic carbocycles. The van der Waals surface area contributed by atoms with Crippen molar-refractivity contribution in [2.24, 2.45) is 5.92 Å². The number of nitrogens with zero attached hydrogens (tertiary/aromatic N) is 1. The zero-order chi connectivity index (χ0) is 17.7. The van der Waals surface area contributed by atoms with Crippen molar-refractivity contribution >= 4 is 51.6 Å². The van der Waals surface area contributed by atoms with Gasteiger partial charge in [-0.2, -0.15) is 0 Å². The van der Waals surface area contributed by atoms with Crippen molar-refractivity contribution in [2.75, 3.05) is 26.2 Å². The van der Waals surface area contributed by atoms with Gasteiger partial charge in [-0.15, -0.1) is 12.4 Å². The second-order valence-electron chi connectivity index (χ2n) is 5.90. The fourth-order valence-corrected chi connectivity index (χ4v) is 4.71. The minimum atomic E-state index is -3.45. The highest BCUT2D eigenvalue weighted by Crippen LogP contribution is 2.25. The van der Waals surface area contributed by atoms with E-state index in [2.05, 4.69) is 5.32 Å². The molecule has 2 N–H and O–H groups in total. The maximum atomic E-state index is 12.6. The molecule has 0 radical (unpaired) electrons. The number of benzene rings is 1. The Morgan fingerprint density at radius 3 is 2.68 bits per heavy atom. The number of rotatable bonds is 7. The highest BCUT2D eigenvalue weighted by molar-refractivity contribution is 7.88.